The number of nitrogens with zero attached hydrogens (tertiary/aromatic N) is 2. The highest BCUT2D eigenvalue weighted by Crippen LogP contribution is 2.31. The van der Waals surface area contributed by atoms with Crippen LogP contribution in [0.2, 0.25) is 0 Å². The molecule has 34 heavy (non-hydrogen) atoms. The first-order chi connectivity index (χ1) is 16.0. The molecule has 1 unspecified atom stereocenters. The molecule has 2 atom stereocenters. The number of para-hydroxylation sites is 2. The summed E-state index contributed by atoms with van der Waals surface area (Å²) in [6, 6.07) is 12.2. The molecule has 0 spiro atoms. The zero-order valence-corrected chi connectivity index (χ0v) is 18.8. The van der Waals surface area contributed by atoms with E-state index in [1.807, 2.05) is 0 Å². The number of rotatable bonds is 8. The van der Waals surface area contributed by atoms with Gasteiger partial charge in [0.15, 0.2) is 11.4 Å². The van der Waals surface area contributed by atoms with Crippen molar-refractivity contribution in [2.24, 2.45) is 0 Å². The second-order valence-electron chi connectivity index (χ2n) is 7.89. The van der Waals surface area contributed by atoms with Crippen LogP contribution in [0.5, 0.6) is 5.75 Å². The van der Waals surface area contributed by atoms with Gasteiger partial charge in [0.05, 0.1) is 12.6 Å². The molecule has 1 amide bonds. The molecular formula is C24H24F3N3O4. The third-order valence-corrected chi connectivity index (χ3v) is 5.39. The van der Waals surface area contributed by atoms with Gasteiger partial charge in [-0.2, -0.15) is 18.6 Å². The van der Waals surface area contributed by atoms with Crippen LogP contribution in [0.1, 0.15) is 47.1 Å². The van der Waals surface area contributed by atoms with Crippen LogP contribution in [0.3, 0.4) is 0 Å². The Labute approximate surface area is 193 Å². The Morgan fingerprint density at radius 2 is 1.88 bits per heavy atom. The highest BCUT2D eigenvalue weighted by atomic mass is 19.3. The highest BCUT2D eigenvalue weighted by Gasteiger charge is 2.28. The van der Waals surface area contributed by atoms with E-state index in [2.05, 4.69) is 15.2 Å². The molecule has 0 aliphatic rings. The minimum atomic E-state index is -3.11. The second kappa shape index (κ2) is 10.1. The number of hydrogen-bond donors (Lipinski definition) is 2. The first kappa shape index (κ1) is 25.0. The number of alkyl halides is 3. The van der Waals surface area contributed by atoms with E-state index in [-0.39, 0.29) is 17.1 Å². The van der Waals surface area contributed by atoms with Gasteiger partial charge in [0.2, 0.25) is 0 Å². The van der Waals surface area contributed by atoms with E-state index in [1.54, 1.807) is 32.0 Å². The average Bonchev–Trinajstić information content (AvgIpc) is 2.79. The predicted molar refractivity (Wildman–Crippen MR) is 119 cm³/mol. The molecule has 0 radical (unpaired) electrons. The lowest BCUT2D eigenvalue weighted by molar-refractivity contribution is -0.0499. The summed E-state index contributed by atoms with van der Waals surface area (Å²) in [6.45, 7) is 0.852. The van der Waals surface area contributed by atoms with Crippen LogP contribution in [0, 0.1) is 6.92 Å². The minimum absolute atomic E-state index is 0.0507. The number of carbonyl (C=O) groups excluding carboxylic acids is 1. The van der Waals surface area contributed by atoms with E-state index < -0.39 is 36.4 Å². The van der Waals surface area contributed by atoms with E-state index in [0.717, 1.165) is 10.7 Å². The molecule has 3 aromatic rings. The van der Waals surface area contributed by atoms with Crippen LogP contribution in [-0.4, -0.2) is 34.0 Å². The molecule has 0 saturated heterocycles. The number of aliphatic hydroxyl groups excluding tert-OH is 1. The lowest BCUT2D eigenvalue weighted by Gasteiger charge is -2.24. The van der Waals surface area contributed by atoms with Crippen LogP contribution in [0.4, 0.5) is 13.2 Å². The van der Waals surface area contributed by atoms with Crippen molar-refractivity contribution in [3.8, 4) is 11.4 Å². The van der Waals surface area contributed by atoms with Gasteiger partial charge in [-0.25, -0.2) is 4.39 Å². The maximum absolute atomic E-state index is 14.7. The topological polar surface area (TPSA) is 93.5 Å². The highest BCUT2D eigenvalue weighted by molar-refractivity contribution is 5.92. The summed E-state index contributed by atoms with van der Waals surface area (Å²) < 4.78 is 45.5. The van der Waals surface area contributed by atoms with Gasteiger partial charge in [-0.15, -0.1) is 0 Å². The fraction of sp³-hybridized carbons (Fsp3) is 0.292. The summed E-state index contributed by atoms with van der Waals surface area (Å²) in [5, 5.41) is 16.1. The van der Waals surface area contributed by atoms with Crippen molar-refractivity contribution in [2.45, 2.75) is 39.1 Å². The Kier molecular flexibility index (Phi) is 7.41. The van der Waals surface area contributed by atoms with Crippen molar-refractivity contribution in [1.29, 1.82) is 0 Å². The fourth-order valence-electron chi connectivity index (χ4n) is 3.65. The van der Waals surface area contributed by atoms with E-state index in [9.17, 15) is 27.9 Å². The molecular weight excluding hydrogens is 451 g/mol. The minimum Gasteiger partial charge on any atom is -0.433 e. The molecule has 2 N–H and O–H groups in total. The molecule has 2 aromatic carbocycles. The number of aliphatic hydroxyl groups is 1. The van der Waals surface area contributed by atoms with Crippen LogP contribution in [0.15, 0.2) is 59.4 Å². The normalized spacial score (nSPS) is 13.9. The molecule has 1 heterocycles. The van der Waals surface area contributed by atoms with Crippen molar-refractivity contribution in [1.82, 2.24) is 15.1 Å². The van der Waals surface area contributed by atoms with Gasteiger partial charge in [-0.3, -0.25) is 9.59 Å². The summed E-state index contributed by atoms with van der Waals surface area (Å²) in [7, 11) is 0. The lowest BCUT2D eigenvalue weighted by Crippen LogP contribution is -2.31. The van der Waals surface area contributed by atoms with Gasteiger partial charge >= 0.3 is 6.61 Å². The maximum atomic E-state index is 14.7. The Balaban J connectivity index is 1.91. The number of halogens is 3. The van der Waals surface area contributed by atoms with Crippen molar-refractivity contribution in [3.63, 3.8) is 0 Å². The summed E-state index contributed by atoms with van der Waals surface area (Å²) in [5.41, 5.74) is -1.28. The van der Waals surface area contributed by atoms with Crippen molar-refractivity contribution in [3.05, 3.63) is 87.3 Å². The van der Waals surface area contributed by atoms with Crippen molar-refractivity contribution in [2.75, 3.05) is 6.61 Å². The quantitative estimate of drug-likeness (QED) is 0.517. The third kappa shape index (κ3) is 5.28. The first-order valence-electron chi connectivity index (χ1n) is 10.4. The third-order valence-electron chi connectivity index (χ3n) is 5.39. The molecule has 10 heteroatoms. The molecule has 0 aliphatic heterocycles. The SMILES string of the molecule is Cc1c([C@@H](C)NC(=O)c2ccc(=O)n(-c3ccccc3OC(F)F)n2)cccc1C(C)(F)CO. The number of amides is 1. The van der Waals surface area contributed by atoms with Crippen LogP contribution < -0.4 is 15.6 Å². The lowest BCUT2D eigenvalue weighted by atomic mass is 9.89. The molecule has 0 aliphatic carbocycles. The number of benzene rings is 2. The van der Waals surface area contributed by atoms with E-state index in [0.29, 0.717) is 16.7 Å². The average molecular weight is 475 g/mol. The van der Waals surface area contributed by atoms with Crippen LogP contribution in [-0.2, 0) is 5.67 Å². The molecule has 7 nitrogen and oxygen atoms in total. The smallest absolute Gasteiger partial charge is 0.387 e. The van der Waals surface area contributed by atoms with E-state index in [4.69, 9.17) is 0 Å². The van der Waals surface area contributed by atoms with Gasteiger partial charge in [0.1, 0.15) is 11.4 Å². The van der Waals surface area contributed by atoms with Gasteiger partial charge in [-0.1, -0.05) is 30.3 Å². The Morgan fingerprint density at radius 3 is 2.56 bits per heavy atom. The Morgan fingerprint density at radius 1 is 1.18 bits per heavy atom. The zero-order chi connectivity index (χ0) is 25.0. The molecule has 1 aromatic heterocycles. The Bertz CT molecular complexity index is 1240. The molecule has 0 fully saturated rings. The predicted octanol–water partition coefficient (Wildman–Crippen LogP) is 3.81. The van der Waals surface area contributed by atoms with Gasteiger partial charge < -0.3 is 15.2 Å². The zero-order valence-electron chi connectivity index (χ0n) is 18.8. The number of carbonyl (C=O) groups is 1. The Hall–Kier alpha value is -3.66. The number of aromatic nitrogens is 2. The van der Waals surface area contributed by atoms with E-state index in [1.165, 1.54) is 37.3 Å². The second-order valence-corrected chi connectivity index (χ2v) is 7.89. The van der Waals surface area contributed by atoms with Crippen molar-refractivity contribution >= 4 is 5.91 Å². The first-order valence-corrected chi connectivity index (χ1v) is 10.4. The van der Waals surface area contributed by atoms with Gasteiger partial charge in [0, 0.05) is 6.07 Å². The van der Waals surface area contributed by atoms with E-state index >= 15 is 0 Å². The largest absolute Gasteiger partial charge is 0.433 e. The molecule has 0 saturated carbocycles. The van der Waals surface area contributed by atoms with Gasteiger partial charge in [-0.05, 0) is 55.7 Å². The molecule has 180 valence electrons. The number of hydrogen-bond acceptors (Lipinski definition) is 5. The fourth-order valence-corrected chi connectivity index (χ4v) is 3.65. The molecule has 0 bridgehead atoms. The standard InChI is InChI=1S/C24H24F3N3O4/c1-14-16(7-6-8-17(14)24(3,27)13-31)15(2)28-22(33)18-11-12-21(32)30(29-18)19-9-4-5-10-20(19)34-23(25)26/h4-12,15,23,31H,13H2,1-3H3,(H,28,33)/t15-,24?/m1/s1. The maximum Gasteiger partial charge on any atom is 0.387 e. The summed E-state index contributed by atoms with van der Waals surface area (Å²) in [4.78, 5) is 25.2. The van der Waals surface area contributed by atoms with Crippen molar-refractivity contribution < 1.29 is 27.8 Å². The van der Waals surface area contributed by atoms with Crippen LogP contribution in [0.25, 0.3) is 5.69 Å². The summed E-state index contributed by atoms with van der Waals surface area (Å²) in [5.74, 6) is -0.910. The summed E-state index contributed by atoms with van der Waals surface area (Å²) >= 11 is 0. The van der Waals surface area contributed by atoms with Gasteiger partial charge in [0.25, 0.3) is 11.5 Å². The monoisotopic (exact) mass is 475 g/mol. The molecule has 3 rings (SSSR count). The number of ether oxygens (including phenoxy) is 1. The summed E-state index contributed by atoms with van der Waals surface area (Å²) in [6.07, 6.45) is 0. The van der Waals surface area contributed by atoms with Crippen LogP contribution >= 0.6 is 0 Å². The number of nitrogens with one attached hydrogen (secondary N) is 1.